The van der Waals surface area contributed by atoms with Crippen LogP contribution in [0.25, 0.3) is 10.4 Å². The molecule has 0 spiro atoms. The van der Waals surface area contributed by atoms with Crippen LogP contribution in [0.1, 0.15) is 29.2 Å². The van der Waals surface area contributed by atoms with Crippen LogP contribution in [0.4, 0.5) is 5.13 Å². The van der Waals surface area contributed by atoms with Crippen LogP contribution in [-0.4, -0.2) is 21.1 Å². The quantitative estimate of drug-likeness (QED) is 0.774. The highest BCUT2D eigenvalue weighted by Gasteiger charge is 2.30. The molecule has 0 saturated carbocycles. The molecule has 1 unspecified atom stereocenters. The lowest BCUT2D eigenvalue weighted by molar-refractivity contribution is -0.117. The summed E-state index contributed by atoms with van der Waals surface area (Å²) in [5, 5.41) is 10.5. The molecule has 0 saturated heterocycles. The predicted octanol–water partition coefficient (Wildman–Crippen LogP) is 3.51. The summed E-state index contributed by atoms with van der Waals surface area (Å²) >= 11 is 1.50. The van der Waals surface area contributed by atoms with Crippen LogP contribution in [0.5, 0.6) is 0 Å². The number of aryl methyl sites for hydroxylation is 2. The van der Waals surface area contributed by atoms with E-state index >= 15 is 0 Å². The number of hydrogen-bond acceptors (Lipinski definition) is 4. The van der Waals surface area contributed by atoms with Crippen LogP contribution in [0.3, 0.4) is 0 Å². The lowest BCUT2D eigenvalue weighted by Crippen LogP contribution is -2.19. The fourth-order valence-electron chi connectivity index (χ4n) is 3.03. The van der Waals surface area contributed by atoms with E-state index in [4.69, 9.17) is 0 Å². The molecule has 0 radical (unpaired) electrons. The number of carbonyl (C=O) groups excluding carboxylic acids is 1. The van der Waals surface area contributed by atoms with Crippen molar-refractivity contribution < 1.29 is 4.79 Å². The smallest absolute Gasteiger partial charge is 0.235 e. The minimum Gasteiger partial charge on any atom is -0.301 e. The van der Waals surface area contributed by atoms with E-state index < -0.39 is 0 Å². The number of benzene rings is 1. The molecule has 0 aliphatic heterocycles. The van der Waals surface area contributed by atoms with Gasteiger partial charge in [-0.1, -0.05) is 35.6 Å². The first-order valence-electron chi connectivity index (χ1n) is 7.57. The third-order valence-corrected chi connectivity index (χ3v) is 5.21. The molecule has 6 heteroatoms. The Labute approximate surface area is 137 Å². The van der Waals surface area contributed by atoms with Gasteiger partial charge in [-0.15, -0.1) is 0 Å². The summed E-state index contributed by atoms with van der Waals surface area (Å²) in [6, 6.07) is 8.18. The van der Waals surface area contributed by atoms with Gasteiger partial charge in [-0.2, -0.15) is 5.10 Å². The van der Waals surface area contributed by atoms with E-state index in [-0.39, 0.29) is 11.8 Å². The molecule has 1 atom stereocenters. The number of H-pyrrole nitrogens is 1. The Morgan fingerprint density at radius 1 is 1.35 bits per heavy atom. The molecular formula is C17H16N4OS. The minimum atomic E-state index is -0.154. The number of anilines is 1. The van der Waals surface area contributed by atoms with Crippen LogP contribution in [-0.2, 0) is 11.2 Å². The number of nitrogens with one attached hydrogen (secondary N) is 2. The average molecular weight is 324 g/mol. The molecular weight excluding hydrogens is 308 g/mol. The van der Waals surface area contributed by atoms with E-state index in [9.17, 15) is 4.79 Å². The van der Waals surface area contributed by atoms with Crippen LogP contribution in [0.15, 0.2) is 36.7 Å². The summed E-state index contributed by atoms with van der Waals surface area (Å²) in [4.78, 5) is 17.9. The summed E-state index contributed by atoms with van der Waals surface area (Å²) in [7, 11) is 0. The first-order chi connectivity index (χ1) is 11.2. The summed E-state index contributed by atoms with van der Waals surface area (Å²) < 4.78 is 0. The SMILES string of the molecule is Cc1ccccc1-c1cnc(NC(=O)C2CCc3cn[nH]c32)s1. The number of amides is 1. The zero-order valence-corrected chi connectivity index (χ0v) is 13.5. The Morgan fingerprint density at radius 2 is 2.22 bits per heavy atom. The number of fused-ring (bicyclic) bond motifs is 1. The molecule has 3 aromatic rings. The van der Waals surface area contributed by atoms with E-state index in [2.05, 4.69) is 39.6 Å². The van der Waals surface area contributed by atoms with Crippen molar-refractivity contribution in [2.75, 3.05) is 5.32 Å². The van der Waals surface area contributed by atoms with Gasteiger partial charge in [0, 0.05) is 6.20 Å². The summed E-state index contributed by atoms with van der Waals surface area (Å²) in [6.07, 6.45) is 5.35. The molecule has 2 aromatic heterocycles. The van der Waals surface area contributed by atoms with Crippen LogP contribution < -0.4 is 5.32 Å². The topological polar surface area (TPSA) is 70.7 Å². The Morgan fingerprint density at radius 3 is 3.09 bits per heavy atom. The maximum Gasteiger partial charge on any atom is 0.235 e. The fourth-order valence-corrected chi connectivity index (χ4v) is 3.94. The number of carbonyl (C=O) groups is 1. The largest absolute Gasteiger partial charge is 0.301 e. The van der Waals surface area contributed by atoms with Crippen molar-refractivity contribution in [3.8, 4) is 10.4 Å². The van der Waals surface area contributed by atoms with Gasteiger partial charge >= 0.3 is 0 Å². The van der Waals surface area contributed by atoms with Crippen LogP contribution >= 0.6 is 11.3 Å². The molecule has 1 aliphatic carbocycles. The van der Waals surface area contributed by atoms with Crippen molar-refractivity contribution in [1.29, 1.82) is 0 Å². The molecule has 1 aromatic carbocycles. The second-order valence-electron chi connectivity index (χ2n) is 5.73. The molecule has 0 fully saturated rings. The molecule has 1 amide bonds. The monoisotopic (exact) mass is 324 g/mol. The number of thiazole rings is 1. The summed E-state index contributed by atoms with van der Waals surface area (Å²) in [5.41, 5.74) is 4.44. The van der Waals surface area contributed by atoms with Crippen molar-refractivity contribution in [1.82, 2.24) is 15.2 Å². The zero-order valence-electron chi connectivity index (χ0n) is 12.7. The van der Waals surface area contributed by atoms with Gasteiger partial charge in [-0.05, 0) is 36.5 Å². The highest BCUT2D eigenvalue weighted by molar-refractivity contribution is 7.19. The highest BCUT2D eigenvalue weighted by Crippen LogP contribution is 2.34. The van der Waals surface area contributed by atoms with Gasteiger partial charge in [0.15, 0.2) is 5.13 Å². The lowest BCUT2D eigenvalue weighted by Gasteiger charge is -2.08. The van der Waals surface area contributed by atoms with Gasteiger partial charge in [0.1, 0.15) is 0 Å². The van der Waals surface area contributed by atoms with Crippen molar-refractivity contribution in [2.24, 2.45) is 0 Å². The highest BCUT2D eigenvalue weighted by atomic mass is 32.1. The van der Waals surface area contributed by atoms with E-state index in [1.807, 2.05) is 24.5 Å². The normalized spacial score (nSPS) is 16.3. The van der Waals surface area contributed by atoms with Gasteiger partial charge in [0.2, 0.25) is 5.91 Å². The third-order valence-electron chi connectivity index (χ3n) is 4.26. The molecule has 5 nitrogen and oxygen atoms in total. The number of nitrogens with zero attached hydrogens (tertiary/aromatic N) is 2. The number of aromatic amines is 1. The number of hydrogen-bond donors (Lipinski definition) is 2. The zero-order chi connectivity index (χ0) is 15.8. The Kier molecular flexibility index (Phi) is 3.46. The van der Waals surface area contributed by atoms with Crippen LogP contribution in [0, 0.1) is 6.92 Å². The fraction of sp³-hybridized carbons (Fsp3) is 0.235. The van der Waals surface area contributed by atoms with Gasteiger partial charge < -0.3 is 5.32 Å². The predicted molar refractivity (Wildman–Crippen MR) is 90.6 cm³/mol. The van der Waals surface area contributed by atoms with E-state index in [0.29, 0.717) is 5.13 Å². The van der Waals surface area contributed by atoms with Crippen molar-refractivity contribution >= 4 is 22.4 Å². The Bertz CT molecular complexity index is 867. The number of rotatable bonds is 3. The van der Waals surface area contributed by atoms with Gasteiger partial charge in [-0.25, -0.2) is 4.98 Å². The Hall–Kier alpha value is -2.47. The molecule has 1 aliphatic rings. The molecule has 2 heterocycles. The first-order valence-corrected chi connectivity index (χ1v) is 8.39. The minimum absolute atomic E-state index is 0.0151. The molecule has 2 N–H and O–H groups in total. The number of aromatic nitrogens is 3. The van der Waals surface area contributed by atoms with Crippen molar-refractivity contribution in [2.45, 2.75) is 25.7 Å². The molecule has 0 bridgehead atoms. The standard InChI is InChI=1S/C17H16N4OS/c1-10-4-2-3-5-12(10)14-9-18-17(23-14)20-16(22)13-7-6-11-8-19-21-15(11)13/h2-5,8-9,13H,6-7H2,1H3,(H,19,21)(H,18,20,22). The summed E-state index contributed by atoms with van der Waals surface area (Å²) in [6.45, 7) is 2.08. The maximum absolute atomic E-state index is 12.5. The van der Waals surface area contributed by atoms with Crippen molar-refractivity contribution in [3.63, 3.8) is 0 Å². The first kappa shape index (κ1) is 14.1. The maximum atomic E-state index is 12.5. The van der Waals surface area contributed by atoms with E-state index in [1.165, 1.54) is 16.9 Å². The second kappa shape index (κ2) is 5.62. The molecule has 4 rings (SSSR count). The van der Waals surface area contributed by atoms with Crippen LogP contribution in [0.2, 0.25) is 0 Å². The molecule has 116 valence electrons. The Balaban J connectivity index is 1.53. The van der Waals surface area contributed by atoms with Gasteiger partial charge in [-0.3, -0.25) is 9.89 Å². The molecule has 23 heavy (non-hydrogen) atoms. The van der Waals surface area contributed by atoms with E-state index in [0.717, 1.165) is 34.5 Å². The van der Waals surface area contributed by atoms with Crippen molar-refractivity contribution in [3.05, 3.63) is 53.5 Å². The third kappa shape index (κ3) is 2.55. The average Bonchev–Trinajstić information content (AvgIpc) is 3.23. The van der Waals surface area contributed by atoms with Gasteiger partial charge in [0.25, 0.3) is 0 Å². The summed E-state index contributed by atoms with van der Waals surface area (Å²) in [5.74, 6) is -0.169. The van der Waals surface area contributed by atoms with E-state index in [1.54, 1.807) is 0 Å². The lowest BCUT2D eigenvalue weighted by atomic mass is 10.1. The van der Waals surface area contributed by atoms with Gasteiger partial charge in [0.05, 0.1) is 22.7 Å². The second-order valence-corrected chi connectivity index (χ2v) is 6.76.